The molecule has 2 nitrogen and oxygen atoms in total. The van der Waals surface area contributed by atoms with Gasteiger partial charge in [-0.25, -0.2) is 0 Å². The number of anilines is 3. The van der Waals surface area contributed by atoms with Crippen LogP contribution in [0.15, 0.2) is 42.5 Å². The first-order valence-electron chi connectivity index (χ1n) is 7.41. The molecular formula is C18H22N2. The minimum absolute atomic E-state index is 1.15. The molecule has 1 aliphatic rings. The van der Waals surface area contributed by atoms with Crippen LogP contribution in [-0.2, 0) is 12.8 Å². The van der Waals surface area contributed by atoms with Crippen molar-refractivity contribution in [2.75, 3.05) is 24.3 Å². The van der Waals surface area contributed by atoms with E-state index < -0.39 is 0 Å². The fraction of sp³-hybridized carbons (Fsp3) is 0.333. The lowest BCUT2D eigenvalue weighted by Gasteiger charge is -2.23. The van der Waals surface area contributed by atoms with Gasteiger partial charge in [-0.2, -0.15) is 0 Å². The quantitative estimate of drug-likeness (QED) is 0.887. The SMILES string of the molecule is CNc1cccc(N(C)c2ccc3c(c2)CCCC3)c1. The Morgan fingerprint density at radius 1 is 0.900 bits per heavy atom. The largest absolute Gasteiger partial charge is 0.388 e. The Hall–Kier alpha value is -1.96. The highest BCUT2D eigenvalue weighted by Crippen LogP contribution is 2.30. The highest BCUT2D eigenvalue weighted by Gasteiger charge is 2.11. The van der Waals surface area contributed by atoms with Crippen molar-refractivity contribution in [2.45, 2.75) is 25.7 Å². The fourth-order valence-electron chi connectivity index (χ4n) is 2.95. The maximum Gasteiger partial charge on any atom is 0.0428 e. The maximum atomic E-state index is 3.20. The predicted molar refractivity (Wildman–Crippen MR) is 87.1 cm³/mol. The first kappa shape index (κ1) is 13.0. The van der Waals surface area contributed by atoms with Crippen molar-refractivity contribution in [3.8, 4) is 0 Å². The van der Waals surface area contributed by atoms with E-state index in [2.05, 4.69) is 59.7 Å². The number of benzene rings is 2. The molecule has 20 heavy (non-hydrogen) atoms. The van der Waals surface area contributed by atoms with E-state index in [1.807, 2.05) is 7.05 Å². The number of hydrogen-bond acceptors (Lipinski definition) is 2. The summed E-state index contributed by atoms with van der Waals surface area (Å²) >= 11 is 0. The molecule has 0 fully saturated rings. The topological polar surface area (TPSA) is 15.3 Å². The van der Waals surface area contributed by atoms with Crippen LogP contribution in [0.1, 0.15) is 24.0 Å². The first-order valence-corrected chi connectivity index (χ1v) is 7.41. The number of rotatable bonds is 3. The first-order chi connectivity index (χ1) is 9.78. The van der Waals surface area contributed by atoms with Gasteiger partial charge in [-0.05, 0) is 67.1 Å². The van der Waals surface area contributed by atoms with Gasteiger partial charge in [0, 0.05) is 31.2 Å². The predicted octanol–water partition coefficient (Wildman–Crippen LogP) is 4.38. The lowest BCUT2D eigenvalue weighted by Crippen LogP contribution is -2.11. The average molecular weight is 266 g/mol. The number of aryl methyl sites for hydroxylation is 2. The molecule has 2 aromatic rings. The Morgan fingerprint density at radius 3 is 2.45 bits per heavy atom. The van der Waals surface area contributed by atoms with Crippen LogP contribution in [0.3, 0.4) is 0 Å². The van der Waals surface area contributed by atoms with E-state index >= 15 is 0 Å². The van der Waals surface area contributed by atoms with Crippen molar-refractivity contribution in [1.29, 1.82) is 0 Å². The van der Waals surface area contributed by atoms with Gasteiger partial charge in [0.05, 0.1) is 0 Å². The van der Waals surface area contributed by atoms with Crippen molar-refractivity contribution < 1.29 is 0 Å². The Kier molecular flexibility index (Phi) is 3.64. The third kappa shape index (κ3) is 2.51. The molecule has 0 unspecified atom stereocenters. The second-order valence-corrected chi connectivity index (χ2v) is 5.52. The van der Waals surface area contributed by atoms with Crippen LogP contribution in [-0.4, -0.2) is 14.1 Å². The van der Waals surface area contributed by atoms with Crippen molar-refractivity contribution in [3.05, 3.63) is 53.6 Å². The zero-order valence-electron chi connectivity index (χ0n) is 12.3. The number of nitrogens with one attached hydrogen (secondary N) is 1. The Morgan fingerprint density at radius 2 is 1.65 bits per heavy atom. The molecule has 0 bridgehead atoms. The Bertz CT molecular complexity index is 604. The molecule has 1 N–H and O–H groups in total. The minimum atomic E-state index is 1.15. The number of hydrogen-bond donors (Lipinski definition) is 1. The summed E-state index contributed by atoms with van der Waals surface area (Å²) in [6, 6.07) is 15.4. The fourth-order valence-corrected chi connectivity index (χ4v) is 2.95. The molecule has 2 heteroatoms. The highest BCUT2D eigenvalue weighted by atomic mass is 15.1. The summed E-state index contributed by atoms with van der Waals surface area (Å²) in [4.78, 5) is 2.26. The summed E-state index contributed by atoms with van der Waals surface area (Å²) in [5.74, 6) is 0. The van der Waals surface area contributed by atoms with Crippen LogP contribution in [0.2, 0.25) is 0 Å². The van der Waals surface area contributed by atoms with Gasteiger partial charge in [-0.3, -0.25) is 0 Å². The van der Waals surface area contributed by atoms with Gasteiger partial charge in [0.25, 0.3) is 0 Å². The van der Waals surface area contributed by atoms with Crippen LogP contribution < -0.4 is 10.2 Å². The zero-order chi connectivity index (χ0) is 13.9. The maximum absolute atomic E-state index is 3.20. The summed E-state index contributed by atoms with van der Waals surface area (Å²) in [6.45, 7) is 0. The van der Waals surface area contributed by atoms with Crippen LogP contribution in [0.4, 0.5) is 17.1 Å². The Balaban J connectivity index is 1.91. The minimum Gasteiger partial charge on any atom is -0.388 e. The van der Waals surface area contributed by atoms with Crippen molar-refractivity contribution >= 4 is 17.1 Å². The molecule has 0 saturated carbocycles. The van der Waals surface area contributed by atoms with E-state index in [9.17, 15) is 0 Å². The summed E-state index contributed by atoms with van der Waals surface area (Å²) in [7, 11) is 4.09. The van der Waals surface area contributed by atoms with Crippen LogP contribution in [0.25, 0.3) is 0 Å². The summed E-state index contributed by atoms with van der Waals surface area (Å²) < 4.78 is 0. The van der Waals surface area contributed by atoms with Crippen molar-refractivity contribution in [3.63, 3.8) is 0 Å². The van der Waals surface area contributed by atoms with Gasteiger partial charge >= 0.3 is 0 Å². The van der Waals surface area contributed by atoms with E-state index in [0.29, 0.717) is 0 Å². The standard InChI is InChI=1S/C18H22N2/c1-19-16-8-5-9-17(13-16)20(2)18-11-10-14-6-3-4-7-15(14)12-18/h5,8-13,19H,3-4,6-7H2,1-2H3. The molecule has 3 rings (SSSR count). The molecule has 0 amide bonds. The molecule has 2 aromatic carbocycles. The summed E-state index contributed by atoms with van der Waals surface area (Å²) in [5.41, 5.74) is 6.71. The summed E-state index contributed by atoms with van der Waals surface area (Å²) in [6.07, 6.45) is 5.14. The van der Waals surface area contributed by atoms with Crippen LogP contribution in [0, 0.1) is 0 Å². The average Bonchev–Trinajstić information content (AvgIpc) is 2.53. The van der Waals surface area contributed by atoms with Crippen molar-refractivity contribution in [1.82, 2.24) is 0 Å². The molecule has 0 atom stereocenters. The normalized spacial score (nSPS) is 13.7. The second kappa shape index (κ2) is 5.58. The zero-order valence-corrected chi connectivity index (χ0v) is 12.3. The van der Waals surface area contributed by atoms with E-state index in [-0.39, 0.29) is 0 Å². The van der Waals surface area contributed by atoms with E-state index in [1.165, 1.54) is 48.2 Å². The molecule has 0 aliphatic heterocycles. The van der Waals surface area contributed by atoms with E-state index in [1.54, 1.807) is 0 Å². The third-order valence-corrected chi connectivity index (χ3v) is 4.24. The van der Waals surface area contributed by atoms with Gasteiger partial charge < -0.3 is 10.2 Å². The monoisotopic (exact) mass is 266 g/mol. The number of fused-ring (bicyclic) bond motifs is 1. The van der Waals surface area contributed by atoms with Gasteiger partial charge in [-0.1, -0.05) is 12.1 Å². The lowest BCUT2D eigenvalue weighted by molar-refractivity contribution is 0.685. The van der Waals surface area contributed by atoms with E-state index in [4.69, 9.17) is 0 Å². The molecule has 0 saturated heterocycles. The molecule has 0 aromatic heterocycles. The molecule has 0 heterocycles. The highest BCUT2D eigenvalue weighted by molar-refractivity contribution is 5.67. The van der Waals surface area contributed by atoms with Gasteiger partial charge in [0.2, 0.25) is 0 Å². The second-order valence-electron chi connectivity index (χ2n) is 5.52. The van der Waals surface area contributed by atoms with Gasteiger partial charge in [0.1, 0.15) is 0 Å². The molecule has 0 spiro atoms. The molecule has 1 aliphatic carbocycles. The molecule has 104 valence electrons. The van der Waals surface area contributed by atoms with Crippen LogP contribution in [0.5, 0.6) is 0 Å². The third-order valence-electron chi connectivity index (χ3n) is 4.24. The van der Waals surface area contributed by atoms with E-state index in [0.717, 1.165) is 5.69 Å². The van der Waals surface area contributed by atoms with Gasteiger partial charge in [0.15, 0.2) is 0 Å². The molecular weight excluding hydrogens is 244 g/mol. The lowest BCUT2D eigenvalue weighted by atomic mass is 9.91. The molecule has 0 radical (unpaired) electrons. The van der Waals surface area contributed by atoms with Crippen LogP contribution >= 0.6 is 0 Å². The smallest absolute Gasteiger partial charge is 0.0428 e. The summed E-state index contributed by atoms with van der Waals surface area (Å²) in [5, 5.41) is 3.20. The Labute approximate surface area is 121 Å². The number of nitrogens with zero attached hydrogens (tertiary/aromatic N) is 1. The van der Waals surface area contributed by atoms with Gasteiger partial charge in [-0.15, -0.1) is 0 Å². The van der Waals surface area contributed by atoms with Crippen molar-refractivity contribution in [2.24, 2.45) is 0 Å².